The second kappa shape index (κ2) is 8.55. The lowest BCUT2D eigenvalue weighted by molar-refractivity contribution is 0.937. The summed E-state index contributed by atoms with van der Waals surface area (Å²) in [6.45, 7) is 3.97. The summed E-state index contributed by atoms with van der Waals surface area (Å²) in [6, 6.07) is 49.1. The first kappa shape index (κ1) is 24.3. The number of nitrogens with zero attached hydrogens (tertiary/aromatic N) is 4. The van der Waals surface area contributed by atoms with Crippen LogP contribution in [0.3, 0.4) is 0 Å². The topological polar surface area (TPSA) is 25.5 Å². The summed E-state index contributed by atoms with van der Waals surface area (Å²) in [6.07, 6.45) is 2.05. The Hall–Kier alpha value is -6.07. The molecule has 5 heteroatoms. The highest BCUT2D eigenvalue weighted by Crippen LogP contribution is 2.50. The van der Waals surface area contributed by atoms with E-state index in [2.05, 4.69) is 155 Å². The minimum atomic E-state index is -0.0364. The number of para-hydroxylation sites is 2. The lowest BCUT2D eigenvalue weighted by Crippen LogP contribution is -2.56. The van der Waals surface area contributed by atoms with Gasteiger partial charge in [0, 0.05) is 56.4 Å². The zero-order valence-electron chi connectivity index (χ0n) is 24.9. The highest BCUT2D eigenvalue weighted by molar-refractivity contribution is 6.90. The van der Waals surface area contributed by atoms with E-state index in [0.29, 0.717) is 0 Å². The summed E-state index contributed by atoms with van der Waals surface area (Å²) in [5.41, 5.74) is 12.3. The van der Waals surface area contributed by atoms with Crippen LogP contribution in [0.5, 0.6) is 0 Å². The normalized spacial score (nSPS) is 13.2. The summed E-state index contributed by atoms with van der Waals surface area (Å²) in [5.74, 6) is 0. The van der Waals surface area contributed by atoms with Crippen molar-refractivity contribution < 1.29 is 0 Å². The predicted molar refractivity (Wildman–Crippen MR) is 195 cm³/mol. The van der Waals surface area contributed by atoms with Gasteiger partial charge in [0.2, 0.25) is 0 Å². The average molecular weight is 584 g/mol. The molecule has 46 heavy (non-hydrogen) atoms. The molecule has 4 heterocycles. The van der Waals surface area contributed by atoms with Crippen LogP contribution in [0, 0.1) is 0 Å². The highest BCUT2D eigenvalue weighted by atomic mass is 15.3. The van der Waals surface area contributed by atoms with Gasteiger partial charge in [-0.05, 0) is 51.5 Å². The Kier molecular flexibility index (Phi) is 4.51. The number of anilines is 3. The van der Waals surface area contributed by atoms with E-state index < -0.39 is 0 Å². The zero-order valence-corrected chi connectivity index (χ0v) is 24.9. The van der Waals surface area contributed by atoms with Gasteiger partial charge in [-0.15, -0.1) is 0 Å². The van der Waals surface area contributed by atoms with E-state index in [1.807, 2.05) is 10.9 Å². The van der Waals surface area contributed by atoms with Crippen molar-refractivity contribution in [1.29, 1.82) is 0 Å². The quantitative estimate of drug-likeness (QED) is 0.147. The van der Waals surface area contributed by atoms with Crippen molar-refractivity contribution >= 4 is 95.8 Å². The molecule has 2 aliphatic heterocycles. The van der Waals surface area contributed by atoms with Gasteiger partial charge >= 0.3 is 6.85 Å². The Balaban J connectivity index is 1.43. The molecule has 212 valence electrons. The molecule has 9 aromatic rings. The first-order valence-electron chi connectivity index (χ1n) is 15.8. The molecule has 0 radical (unpaired) electrons. The number of hydrogen-bond donors (Lipinski definition) is 0. The van der Waals surface area contributed by atoms with Crippen molar-refractivity contribution in [1.82, 2.24) is 9.15 Å². The van der Waals surface area contributed by atoms with Crippen LogP contribution in [0.1, 0.15) is 0 Å². The molecule has 0 N–H and O–H groups in total. The Morgan fingerprint density at radius 1 is 0.543 bits per heavy atom. The van der Waals surface area contributed by atoms with Crippen LogP contribution in [-0.2, 0) is 0 Å². The van der Waals surface area contributed by atoms with E-state index in [0.717, 1.165) is 22.3 Å². The van der Waals surface area contributed by atoms with Crippen LogP contribution >= 0.6 is 0 Å². The number of benzene rings is 7. The van der Waals surface area contributed by atoms with E-state index in [1.165, 1.54) is 71.1 Å². The van der Waals surface area contributed by atoms with Gasteiger partial charge in [0.25, 0.3) is 0 Å². The van der Waals surface area contributed by atoms with Crippen molar-refractivity contribution in [3.05, 3.63) is 140 Å². The molecule has 0 bridgehead atoms. The van der Waals surface area contributed by atoms with Gasteiger partial charge in [0.15, 0.2) is 0 Å². The molecular formula is C41H25BN4. The van der Waals surface area contributed by atoms with Crippen LogP contribution in [0.15, 0.2) is 145 Å². The molecule has 11 rings (SSSR count). The third-order valence-corrected chi connectivity index (χ3v) is 10.4. The van der Waals surface area contributed by atoms with Crippen molar-refractivity contribution in [3.63, 3.8) is 0 Å². The molecule has 0 atom stereocenters. The Bertz CT molecular complexity index is 2800. The molecule has 0 saturated carbocycles. The van der Waals surface area contributed by atoms with Crippen molar-refractivity contribution in [2.45, 2.75) is 0 Å². The maximum Gasteiger partial charge on any atom is 0.333 e. The summed E-state index contributed by atoms with van der Waals surface area (Å²) in [5, 5.41) is 13.1. The third-order valence-electron chi connectivity index (χ3n) is 10.4. The van der Waals surface area contributed by atoms with Crippen LogP contribution in [0.25, 0.3) is 65.4 Å². The summed E-state index contributed by atoms with van der Waals surface area (Å²) < 4.78 is 4.57. The smallest absolute Gasteiger partial charge is 0.333 e. The molecule has 0 spiro atoms. The summed E-state index contributed by atoms with van der Waals surface area (Å²) >= 11 is 0. The molecule has 0 saturated heterocycles. The van der Waals surface area contributed by atoms with Crippen LogP contribution < -0.4 is 15.8 Å². The monoisotopic (exact) mass is 584 g/mol. The Morgan fingerprint density at radius 2 is 1.26 bits per heavy atom. The maximum absolute atomic E-state index is 4.53. The maximum atomic E-state index is 4.53. The molecule has 0 aliphatic carbocycles. The lowest BCUT2D eigenvalue weighted by atomic mass is 9.44. The minimum absolute atomic E-state index is 0.0364. The standard InChI is InChI=1S/C41H25BN4/c1-43-44-23-22-27-24-33-32-17-9-16-31-30-15-6-7-18-36(30)46(39(31)32)42-34-21-20-26-11-3-5-14-29(26)40(34)45(41(37(33)42)38(27)44)35-19-8-12-25-10-2-4-13-28(25)35/h2-24H,1H2. The number of hydrogen-bond acceptors (Lipinski definition) is 2. The van der Waals surface area contributed by atoms with Gasteiger partial charge in [-0.25, -0.2) is 4.68 Å². The van der Waals surface area contributed by atoms with Gasteiger partial charge < -0.3 is 9.38 Å². The number of aromatic nitrogens is 2. The Labute approximate surface area is 265 Å². The van der Waals surface area contributed by atoms with Crippen LogP contribution in [-0.4, -0.2) is 22.7 Å². The summed E-state index contributed by atoms with van der Waals surface area (Å²) in [4.78, 5) is 2.54. The van der Waals surface area contributed by atoms with Crippen molar-refractivity contribution in [3.8, 4) is 11.1 Å². The van der Waals surface area contributed by atoms with Crippen molar-refractivity contribution in [2.75, 3.05) is 4.90 Å². The second-order valence-electron chi connectivity index (χ2n) is 12.5. The van der Waals surface area contributed by atoms with E-state index in [4.69, 9.17) is 0 Å². The fourth-order valence-corrected chi connectivity index (χ4v) is 8.59. The SMILES string of the molecule is C=Nn1ccc2cc3c4c(c21)N(c1cccc2ccccc12)c1c(ccc2ccccc12)B4n1c2ccccc2c2cccc-3c21. The summed E-state index contributed by atoms with van der Waals surface area (Å²) in [7, 11) is 0. The molecule has 0 fully saturated rings. The molecule has 0 unspecified atom stereocenters. The molecule has 7 aromatic carbocycles. The van der Waals surface area contributed by atoms with Crippen LogP contribution in [0.2, 0.25) is 0 Å². The van der Waals surface area contributed by atoms with Gasteiger partial charge in [-0.3, -0.25) is 0 Å². The number of rotatable bonds is 2. The van der Waals surface area contributed by atoms with Gasteiger partial charge in [-0.2, -0.15) is 5.10 Å². The van der Waals surface area contributed by atoms with E-state index in [-0.39, 0.29) is 6.85 Å². The van der Waals surface area contributed by atoms with Gasteiger partial charge in [0.05, 0.1) is 22.6 Å². The molecular weight excluding hydrogens is 559 g/mol. The fraction of sp³-hybridized carbons (Fsp3) is 0. The van der Waals surface area contributed by atoms with E-state index in [9.17, 15) is 0 Å². The third kappa shape index (κ3) is 2.84. The minimum Gasteiger partial charge on any atom is -0.375 e. The molecule has 0 amide bonds. The first-order chi connectivity index (χ1) is 22.8. The molecule has 2 aliphatic rings. The van der Waals surface area contributed by atoms with Gasteiger partial charge in [0.1, 0.15) is 0 Å². The Morgan fingerprint density at radius 3 is 2.13 bits per heavy atom. The largest absolute Gasteiger partial charge is 0.375 e. The second-order valence-corrected chi connectivity index (χ2v) is 12.5. The molecule has 4 nitrogen and oxygen atoms in total. The first-order valence-corrected chi connectivity index (χ1v) is 15.8. The van der Waals surface area contributed by atoms with Gasteiger partial charge in [-0.1, -0.05) is 109 Å². The van der Waals surface area contributed by atoms with Crippen molar-refractivity contribution in [2.24, 2.45) is 5.10 Å². The van der Waals surface area contributed by atoms with Crippen LogP contribution in [0.4, 0.5) is 17.1 Å². The highest BCUT2D eigenvalue weighted by Gasteiger charge is 2.44. The molecule has 2 aromatic heterocycles. The number of fused-ring (bicyclic) bond motifs is 12. The average Bonchev–Trinajstić information content (AvgIpc) is 3.69. The predicted octanol–water partition coefficient (Wildman–Crippen LogP) is 8.94. The zero-order chi connectivity index (χ0) is 30.1. The van der Waals surface area contributed by atoms with E-state index >= 15 is 0 Å². The van der Waals surface area contributed by atoms with E-state index in [1.54, 1.807) is 0 Å². The fourth-order valence-electron chi connectivity index (χ4n) is 8.59. The lowest BCUT2D eigenvalue weighted by Gasteiger charge is -2.41.